The van der Waals surface area contributed by atoms with E-state index in [-0.39, 0.29) is 0 Å². The van der Waals surface area contributed by atoms with Gasteiger partial charge >= 0.3 is 0 Å². The zero-order valence-electron chi connectivity index (χ0n) is 15.8. The van der Waals surface area contributed by atoms with Gasteiger partial charge in [0.2, 0.25) is 11.0 Å². The van der Waals surface area contributed by atoms with Crippen molar-refractivity contribution in [3.8, 4) is 0 Å². The summed E-state index contributed by atoms with van der Waals surface area (Å²) in [7, 11) is 4.13. The highest BCUT2D eigenvalue weighted by atomic mass is 32.1. The van der Waals surface area contributed by atoms with Crippen LogP contribution < -0.4 is 4.90 Å². The van der Waals surface area contributed by atoms with Crippen LogP contribution in [-0.2, 0) is 11.2 Å². The molecular formula is C18H31N5OS. The lowest BCUT2D eigenvalue weighted by atomic mass is 9.72. The van der Waals surface area contributed by atoms with E-state index in [0.717, 1.165) is 75.0 Å². The molecule has 1 aromatic rings. The number of hydrogen-bond acceptors (Lipinski definition) is 6. The zero-order chi connectivity index (χ0) is 17.9. The molecule has 0 unspecified atom stereocenters. The minimum atomic E-state index is 0.313. The van der Waals surface area contributed by atoms with Crippen LogP contribution in [0.25, 0.3) is 0 Å². The van der Waals surface area contributed by atoms with Gasteiger partial charge in [-0.05, 0) is 45.2 Å². The predicted molar refractivity (Wildman–Crippen MR) is 102 cm³/mol. The van der Waals surface area contributed by atoms with Crippen LogP contribution in [0.3, 0.4) is 0 Å². The fourth-order valence-electron chi connectivity index (χ4n) is 3.89. The third-order valence-electron chi connectivity index (χ3n) is 5.58. The number of anilines is 1. The van der Waals surface area contributed by atoms with E-state index in [1.807, 2.05) is 0 Å². The highest BCUT2D eigenvalue weighted by molar-refractivity contribution is 7.15. The Labute approximate surface area is 155 Å². The molecule has 1 amide bonds. The van der Waals surface area contributed by atoms with Gasteiger partial charge in [0.1, 0.15) is 5.01 Å². The maximum absolute atomic E-state index is 12.3. The molecule has 2 aliphatic rings. The van der Waals surface area contributed by atoms with Gasteiger partial charge in [0, 0.05) is 45.6 Å². The molecular weight excluding hydrogens is 334 g/mol. The van der Waals surface area contributed by atoms with E-state index >= 15 is 0 Å². The van der Waals surface area contributed by atoms with Crippen LogP contribution in [0.4, 0.5) is 5.13 Å². The van der Waals surface area contributed by atoms with E-state index in [9.17, 15) is 4.79 Å². The standard InChI is InChI=1S/C18H31N5OS/c1-4-5-15-19-20-17(25-15)22-10-8-18(9-11-22)7-6-16(24)23(14-18)13-12-21(2)3/h4-14H2,1-3H3. The van der Waals surface area contributed by atoms with Gasteiger partial charge < -0.3 is 14.7 Å². The molecule has 7 heteroatoms. The minimum absolute atomic E-state index is 0.313. The molecule has 0 radical (unpaired) electrons. The van der Waals surface area contributed by atoms with E-state index < -0.39 is 0 Å². The first-order chi connectivity index (χ1) is 12.0. The van der Waals surface area contributed by atoms with Crippen molar-refractivity contribution in [2.45, 2.75) is 45.4 Å². The molecule has 2 aliphatic heterocycles. The monoisotopic (exact) mass is 365 g/mol. The molecule has 0 aliphatic carbocycles. The van der Waals surface area contributed by atoms with Crippen molar-refractivity contribution in [2.75, 3.05) is 51.7 Å². The van der Waals surface area contributed by atoms with Gasteiger partial charge in [-0.3, -0.25) is 4.79 Å². The Morgan fingerprint density at radius 3 is 2.64 bits per heavy atom. The number of nitrogens with zero attached hydrogens (tertiary/aromatic N) is 5. The quantitative estimate of drug-likeness (QED) is 0.774. The van der Waals surface area contributed by atoms with Crippen LogP contribution >= 0.6 is 11.3 Å². The number of aryl methyl sites for hydroxylation is 1. The molecule has 0 saturated carbocycles. The topological polar surface area (TPSA) is 52.6 Å². The summed E-state index contributed by atoms with van der Waals surface area (Å²) in [6.45, 7) is 6.99. The molecule has 1 spiro atoms. The van der Waals surface area contributed by atoms with Crippen LogP contribution in [-0.4, -0.2) is 72.7 Å². The molecule has 3 rings (SSSR count). The fourth-order valence-corrected chi connectivity index (χ4v) is 4.89. The number of aromatic nitrogens is 2. The number of carbonyl (C=O) groups is 1. The summed E-state index contributed by atoms with van der Waals surface area (Å²) in [4.78, 5) is 18.9. The number of likely N-dealkylation sites (tertiary alicyclic amines) is 1. The van der Waals surface area contributed by atoms with Gasteiger partial charge in [-0.25, -0.2) is 0 Å². The normalized spacial score (nSPS) is 20.7. The van der Waals surface area contributed by atoms with Crippen LogP contribution in [0, 0.1) is 5.41 Å². The van der Waals surface area contributed by atoms with Gasteiger partial charge in [0.25, 0.3) is 0 Å². The maximum Gasteiger partial charge on any atom is 0.222 e. The average Bonchev–Trinajstić information content (AvgIpc) is 3.05. The Bertz CT molecular complexity index is 580. The summed E-state index contributed by atoms with van der Waals surface area (Å²) >= 11 is 1.74. The van der Waals surface area contributed by atoms with Crippen molar-refractivity contribution in [1.29, 1.82) is 0 Å². The first-order valence-electron chi connectivity index (χ1n) is 9.51. The Hall–Kier alpha value is -1.21. The molecule has 6 nitrogen and oxygen atoms in total. The van der Waals surface area contributed by atoms with E-state index in [1.165, 1.54) is 0 Å². The fraction of sp³-hybridized carbons (Fsp3) is 0.833. The second-order valence-electron chi connectivity index (χ2n) is 7.83. The summed E-state index contributed by atoms with van der Waals surface area (Å²) in [6, 6.07) is 0. The highest BCUT2D eigenvalue weighted by Gasteiger charge is 2.41. The largest absolute Gasteiger partial charge is 0.347 e. The third-order valence-corrected chi connectivity index (χ3v) is 6.62. The Kier molecular flexibility index (Phi) is 5.94. The molecule has 25 heavy (non-hydrogen) atoms. The van der Waals surface area contributed by atoms with Crippen molar-refractivity contribution >= 4 is 22.4 Å². The van der Waals surface area contributed by atoms with Gasteiger partial charge in [-0.15, -0.1) is 10.2 Å². The Morgan fingerprint density at radius 1 is 1.20 bits per heavy atom. The van der Waals surface area contributed by atoms with Crippen molar-refractivity contribution in [1.82, 2.24) is 20.0 Å². The Morgan fingerprint density at radius 2 is 1.96 bits per heavy atom. The number of amides is 1. The summed E-state index contributed by atoms with van der Waals surface area (Å²) in [5.41, 5.74) is 0.313. The summed E-state index contributed by atoms with van der Waals surface area (Å²) in [5.74, 6) is 0.336. The lowest BCUT2D eigenvalue weighted by Crippen LogP contribution is -2.52. The summed E-state index contributed by atoms with van der Waals surface area (Å²) < 4.78 is 0. The van der Waals surface area contributed by atoms with E-state index in [1.54, 1.807) is 11.3 Å². The number of piperidine rings is 2. The molecule has 0 aromatic carbocycles. The molecule has 0 bridgehead atoms. The van der Waals surface area contributed by atoms with E-state index in [2.05, 4.69) is 45.9 Å². The van der Waals surface area contributed by atoms with Crippen LogP contribution in [0.2, 0.25) is 0 Å². The predicted octanol–water partition coefficient (Wildman–Crippen LogP) is 2.26. The zero-order valence-corrected chi connectivity index (χ0v) is 16.6. The second-order valence-corrected chi connectivity index (χ2v) is 8.87. The smallest absolute Gasteiger partial charge is 0.222 e. The SMILES string of the molecule is CCCc1nnc(N2CCC3(CCC(=O)N(CCN(C)C)C3)CC2)s1. The first-order valence-corrected chi connectivity index (χ1v) is 10.3. The molecule has 0 atom stereocenters. The average molecular weight is 366 g/mol. The van der Waals surface area contributed by atoms with E-state index in [4.69, 9.17) is 0 Å². The lowest BCUT2D eigenvalue weighted by Gasteiger charge is -2.47. The Balaban J connectivity index is 1.57. The molecule has 1 aromatic heterocycles. The summed E-state index contributed by atoms with van der Waals surface area (Å²) in [6.07, 6.45) is 6.22. The summed E-state index contributed by atoms with van der Waals surface area (Å²) in [5, 5.41) is 10.9. The lowest BCUT2D eigenvalue weighted by molar-refractivity contribution is -0.138. The van der Waals surface area contributed by atoms with Crippen molar-refractivity contribution in [2.24, 2.45) is 5.41 Å². The molecule has 3 heterocycles. The van der Waals surface area contributed by atoms with Crippen LogP contribution in [0.15, 0.2) is 0 Å². The van der Waals surface area contributed by atoms with Gasteiger partial charge in [-0.2, -0.15) is 0 Å². The number of carbonyl (C=O) groups excluding carboxylic acids is 1. The third kappa shape index (κ3) is 4.50. The molecule has 0 N–H and O–H groups in total. The second kappa shape index (κ2) is 7.99. The number of rotatable bonds is 6. The van der Waals surface area contributed by atoms with Crippen LogP contribution in [0.5, 0.6) is 0 Å². The van der Waals surface area contributed by atoms with Gasteiger partial charge in [0.05, 0.1) is 0 Å². The first kappa shape index (κ1) is 18.6. The molecule has 140 valence electrons. The number of likely N-dealkylation sites (N-methyl/N-ethyl adjacent to an activating group) is 1. The molecule has 2 fully saturated rings. The van der Waals surface area contributed by atoms with E-state index in [0.29, 0.717) is 17.7 Å². The van der Waals surface area contributed by atoms with Crippen molar-refractivity contribution in [3.05, 3.63) is 5.01 Å². The van der Waals surface area contributed by atoms with Crippen LogP contribution in [0.1, 0.15) is 44.0 Å². The maximum atomic E-state index is 12.3. The van der Waals surface area contributed by atoms with Gasteiger partial charge in [-0.1, -0.05) is 18.3 Å². The van der Waals surface area contributed by atoms with Crippen molar-refractivity contribution < 1.29 is 4.79 Å². The number of hydrogen-bond donors (Lipinski definition) is 0. The molecule has 2 saturated heterocycles. The highest BCUT2D eigenvalue weighted by Crippen LogP contribution is 2.41. The van der Waals surface area contributed by atoms with Crippen molar-refractivity contribution in [3.63, 3.8) is 0 Å². The van der Waals surface area contributed by atoms with Gasteiger partial charge in [0.15, 0.2) is 0 Å². The minimum Gasteiger partial charge on any atom is -0.347 e.